The van der Waals surface area contributed by atoms with Crippen molar-refractivity contribution in [1.29, 1.82) is 0 Å². The Kier molecular flexibility index (Phi) is 6.43. The van der Waals surface area contributed by atoms with E-state index in [1.54, 1.807) is 12.7 Å². The molecule has 1 aromatic rings. The van der Waals surface area contributed by atoms with E-state index in [1.807, 2.05) is 16.4 Å². The molecule has 1 N–H and O–H groups in total. The summed E-state index contributed by atoms with van der Waals surface area (Å²) in [6.07, 6.45) is 4.57. The summed E-state index contributed by atoms with van der Waals surface area (Å²) in [6.45, 7) is 6.35. The van der Waals surface area contributed by atoms with Gasteiger partial charge in [-0.1, -0.05) is 6.92 Å². The topological polar surface area (TPSA) is 42.7 Å². The number of hydrogen-bond donors (Lipinski definition) is 1. The summed E-state index contributed by atoms with van der Waals surface area (Å²) < 4.78 is 1.86. The summed E-state index contributed by atoms with van der Waals surface area (Å²) in [5.74, 6) is 2.47. The number of rotatable bonds is 8. The van der Waals surface area contributed by atoms with Crippen LogP contribution in [0.1, 0.15) is 20.3 Å². The van der Waals surface area contributed by atoms with Gasteiger partial charge in [-0.15, -0.1) is 0 Å². The third kappa shape index (κ3) is 5.79. The van der Waals surface area contributed by atoms with Crippen LogP contribution in [0.25, 0.3) is 0 Å². The summed E-state index contributed by atoms with van der Waals surface area (Å²) in [5, 5.41) is 7.55. The molecule has 4 nitrogen and oxygen atoms in total. The molecule has 0 aliphatic heterocycles. The lowest BCUT2D eigenvalue weighted by atomic mass is 10.3. The smallest absolute Gasteiger partial charge is 0.137 e. The van der Waals surface area contributed by atoms with Crippen molar-refractivity contribution in [2.24, 2.45) is 0 Å². The zero-order chi connectivity index (χ0) is 10.9. The van der Waals surface area contributed by atoms with Gasteiger partial charge in [0, 0.05) is 6.04 Å². The Labute approximate surface area is 95.9 Å². The number of nitrogens with one attached hydrogen (secondary N) is 1. The molecule has 1 aromatic heterocycles. The van der Waals surface area contributed by atoms with Gasteiger partial charge in [-0.3, -0.25) is 4.68 Å². The van der Waals surface area contributed by atoms with E-state index in [9.17, 15) is 0 Å². The van der Waals surface area contributed by atoms with Crippen molar-refractivity contribution in [3.05, 3.63) is 12.7 Å². The Morgan fingerprint density at radius 2 is 2.40 bits per heavy atom. The first-order valence-electron chi connectivity index (χ1n) is 5.46. The van der Waals surface area contributed by atoms with Crippen molar-refractivity contribution >= 4 is 11.8 Å². The Morgan fingerprint density at radius 1 is 1.53 bits per heavy atom. The van der Waals surface area contributed by atoms with Gasteiger partial charge in [-0.05, 0) is 31.4 Å². The maximum absolute atomic E-state index is 4.08. The number of hydrogen-bond acceptors (Lipinski definition) is 4. The van der Waals surface area contributed by atoms with Crippen LogP contribution in [0.15, 0.2) is 12.7 Å². The van der Waals surface area contributed by atoms with Crippen molar-refractivity contribution in [2.75, 3.05) is 18.1 Å². The molecule has 1 heterocycles. The predicted molar refractivity (Wildman–Crippen MR) is 65.1 cm³/mol. The van der Waals surface area contributed by atoms with Crippen molar-refractivity contribution < 1.29 is 0 Å². The Hall–Kier alpha value is -0.550. The van der Waals surface area contributed by atoms with Crippen molar-refractivity contribution in [1.82, 2.24) is 20.1 Å². The van der Waals surface area contributed by atoms with Gasteiger partial charge in [0.1, 0.15) is 12.7 Å². The largest absolute Gasteiger partial charge is 0.312 e. The molecule has 1 atom stereocenters. The minimum atomic E-state index is 0.457. The highest BCUT2D eigenvalue weighted by Crippen LogP contribution is 1.99. The second-order valence-electron chi connectivity index (χ2n) is 3.52. The van der Waals surface area contributed by atoms with Crippen molar-refractivity contribution in [3.8, 4) is 0 Å². The Balaban J connectivity index is 2.01. The van der Waals surface area contributed by atoms with Crippen LogP contribution in [0.3, 0.4) is 0 Å². The van der Waals surface area contributed by atoms with E-state index in [2.05, 4.69) is 29.2 Å². The van der Waals surface area contributed by atoms with E-state index in [0.717, 1.165) is 13.1 Å². The molecule has 86 valence electrons. The van der Waals surface area contributed by atoms with E-state index in [1.165, 1.54) is 17.9 Å². The monoisotopic (exact) mass is 228 g/mol. The first-order valence-corrected chi connectivity index (χ1v) is 6.62. The maximum atomic E-state index is 4.08. The summed E-state index contributed by atoms with van der Waals surface area (Å²) >= 11 is 2.00. The summed E-state index contributed by atoms with van der Waals surface area (Å²) in [5.41, 5.74) is 0. The van der Waals surface area contributed by atoms with Gasteiger partial charge in [-0.2, -0.15) is 16.9 Å². The highest BCUT2D eigenvalue weighted by atomic mass is 32.2. The third-order valence-electron chi connectivity index (χ3n) is 2.09. The average molecular weight is 228 g/mol. The van der Waals surface area contributed by atoms with E-state index in [-0.39, 0.29) is 0 Å². The van der Waals surface area contributed by atoms with Crippen LogP contribution < -0.4 is 5.32 Å². The second-order valence-corrected chi connectivity index (χ2v) is 4.92. The zero-order valence-corrected chi connectivity index (χ0v) is 10.3. The zero-order valence-electron chi connectivity index (χ0n) is 9.52. The number of aromatic nitrogens is 3. The van der Waals surface area contributed by atoms with Crippen LogP contribution in [0.4, 0.5) is 0 Å². The Morgan fingerprint density at radius 3 is 3.07 bits per heavy atom. The quantitative estimate of drug-likeness (QED) is 0.683. The van der Waals surface area contributed by atoms with Gasteiger partial charge in [-0.25, -0.2) is 4.98 Å². The summed E-state index contributed by atoms with van der Waals surface area (Å²) in [4.78, 5) is 3.92. The summed E-state index contributed by atoms with van der Waals surface area (Å²) in [7, 11) is 0. The van der Waals surface area contributed by atoms with Gasteiger partial charge in [0.2, 0.25) is 0 Å². The van der Waals surface area contributed by atoms with Crippen LogP contribution in [0.5, 0.6) is 0 Å². The molecule has 0 aliphatic carbocycles. The molecule has 0 radical (unpaired) electrons. The van der Waals surface area contributed by atoms with E-state index >= 15 is 0 Å². The predicted octanol–water partition coefficient (Wildman–Crippen LogP) is 1.40. The fraction of sp³-hybridized carbons (Fsp3) is 0.800. The van der Waals surface area contributed by atoms with Crippen molar-refractivity contribution in [3.63, 3.8) is 0 Å². The molecule has 0 bridgehead atoms. The van der Waals surface area contributed by atoms with Gasteiger partial charge in [0.25, 0.3) is 0 Å². The highest BCUT2D eigenvalue weighted by molar-refractivity contribution is 7.99. The molecule has 0 spiro atoms. The van der Waals surface area contributed by atoms with Gasteiger partial charge < -0.3 is 5.32 Å². The normalized spacial score (nSPS) is 12.9. The number of nitrogens with zero attached hydrogens (tertiary/aromatic N) is 3. The lowest BCUT2D eigenvalue weighted by molar-refractivity contribution is 0.452. The van der Waals surface area contributed by atoms with Gasteiger partial charge in [0.15, 0.2) is 0 Å². The first-order chi connectivity index (χ1) is 7.33. The molecule has 0 fully saturated rings. The van der Waals surface area contributed by atoms with Crippen LogP contribution in [0, 0.1) is 0 Å². The molecule has 1 rings (SSSR count). The standard InChI is InChI=1S/C10H20N4S/c1-3-15-6-4-5-12-10(2)7-14-9-11-8-13-14/h8-10,12H,3-7H2,1-2H3. The number of thioether (sulfide) groups is 1. The Bertz CT molecular complexity index is 238. The van der Waals surface area contributed by atoms with Crippen LogP contribution in [-0.4, -0.2) is 38.9 Å². The molecule has 0 aliphatic rings. The van der Waals surface area contributed by atoms with Crippen LogP contribution in [-0.2, 0) is 6.54 Å². The SMILES string of the molecule is CCSCCCNC(C)Cn1cncn1. The highest BCUT2D eigenvalue weighted by Gasteiger charge is 2.01. The molecule has 0 saturated carbocycles. The minimum Gasteiger partial charge on any atom is -0.312 e. The molecule has 5 heteroatoms. The fourth-order valence-corrected chi connectivity index (χ4v) is 1.98. The second kappa shape index (κ2) is 7.70. The van der Waals surface area contributed by atoms with E-state index in [4.69, 9.17) is 0 Å². The summed E-state index contributed by atoms with van der Waals surface area (Å²) in [6, 6.07) is 0.457. The maximum Gasteiger partial charge on any atom is 0.137 e. The van der Waals surface area contributed by atoms with Crippen molar-refractivity contribution in [2.45, 2.75) is 32.9 Å². The minimum absolute atomic E-state index is 0.457. The third-order valence-corrected chi connectivity index (χ3v) is 3.08. The fourth-order valence-electron chi connectivity index (χ4n) is 1.34. The van der Waals surface area contributed by atoms with E-state index < -0.39 is 0 Å². The van der Waals surface area contributed by atoms with Gasteiger partial charge in [0.05, 0.1) is 6.54 Å². The van der Waals surface area contributed by atoms with E-state index in [0.29, 0.717) is 6.04 Å². The molecular formula is C10H20N4S. The van der Waals surface area contributed by atoms with Crippen LogP contribution in [0.2, 0.25) is 0 Å². The molecular weight excluding hydrogens is 208 g/mol. The van der Waals surface area contributed by atoms with Gasteiger partial charge >= 0.3 is 0 Å². The lowest BCUT2D eigenvalue weighted by Gasteiger charge is -2.13. The first kappa shape index (κ1) is 12.5. The molecule has 0 amide bonds. The van der Waals surface area contributed by atoms with Crippen LogP contribution >= 0.6 is 11.8 Å². The molecule has 0 saturated heterocycles. The molecule has 0 aromatic carbocycles. The molecule has 1 unspecified atom stereocenters. The lowest BCUT2D eigenvalue weighted by Crippen LogP contribution is -2.31. The molecule has 15 heavy (non-hydrogen) atoms. The average Bonchev–Trinajstić information content (AvgIpc) is 2.70.